The van der Waals surface area contributed by atoms with Crippen LogP contribution in [0.15, 0.2) is 30.3 Å². The van der Waals surface area contributed by atoms with E-state index in [0.717, 1.165) is 10.5 Å². The smallest absolute Gasteiger partial charge is 0.410 e. The molecule has 6 heteroatoms. The molecule has 1 amide bonds. The molecule has 0 saturated carbocycles. The first-order valence-electron chi connectivity index (χ1n) is 5.58. The predicted octanol–water partition coefficient (Wildman–Crippen LogP) is 1.60. The molecule has 1 aromatic carbocycles. The van der Waals surface area contributed by atoms with Crippen molar-refractivity contribution in [3.8, 4) is 0 Å². The molecule has 18 heavy (non-hydrogen) atoms. The molecule has 0 unspecified atom stereocenters. The number of halogens is 2. The van der Waals surface area contributed by atoms with Crippen LogP contribution in [0.4, 0.5) is 13.6 Å². The molecule has 0 radical (unpaired) electrons. The highest BCUT2D eigenvalue weighted by Gasteiger charge is 2.48. The fourth-order valence-corrected chi connectivity index (χ4v) is 1.76. The zero-order valence-corrected chi connectivity index (χ0v) is 9.68. The van der Waals surface area contributed by atoms with E-state index < -0.39 is 24.6 Å². The number of likely N-dealkylation sites (tertiary alicyclic amines) is 1. The van der Waals surface area contributed by atoms with E-state index in [1.165, 1.54) is 0 Å². The normalized spacial score (nSPS) is 21.9. The third-order valence-corrected chi connectivity index (χ3v) is 2.82. The lowest BCUT2D eigenvalue weighted by molar-refractivity contribution is -0.00186. The van der Waals surface area contributed by atoms with Crippen molar-refractivity contribution in [2.75, 3.05) is 13.1 Å². The van der Waals surface area contributed by atoms with Crippen LogP contribution in [0.25, 0.3) is 0 Å². The van der Waals surface area contributed by atoms with Crippen molar-refractivity contribution >= 4 is 6.09 Å². The summed E-state index contributed by atoms with van der Waals surface area (Å²) < 4.78 is 31.2. The largest absolute Gasteiger partial charge is 0.445 e. The van der Waals surface area contributed by atoms with Crippen LogP contribution in [0.1, 0.15) is 5.56 Å². The quantitative estimate of drug-likeness (QED) is 0.874. The topological polar surface area (TPSA) is 55.6 Å². The van der Waals surface area contributed by atoms with Crippen LogP contribution in [0.5, 0.6) is 0 Å². The molecule has 0 bridgehead atoms. The maximum Gasteiger partial charge on any atom is 0.410 e. The first kappa shape index (κ1) is 12.8. The summed E-state index contributed by atoms with van der Waals surface area (Å²) in [4.78, 5) is 12.5. The number of benzene rings is 1. The second-order valence-electron chi connectivity index (χ2n) is 4.29. The van der Waals surface area contributed by atoms with Gasteiger partial charge in [-0.2, -0.15) is 0 Å². The summed E-state index contributed by atoms with van der Waals surface area (Å²) in [6.45, 7) is -0.792. The van der Waals surface area contributed by atoms with Crippen molar-refractivity contribution in [3.05, 3.63) is 35.9 Å². The van der Waals surface area contributed by atoms with Gasteiger partial charge in [0.2, 0.25) is 0 Å². The highest BCUT2D eigenvalue weighted by Crippen LogP contribution is 2.26. The summed E-state index contributed by atoms with van der Waals surface area (Å²) in [6, 6.07) is 7.72. The van der Waals surface area contributed by atoms with Gasteiger partial charge in [0.1, 0.15) is 6.61 Å². The van der Waals surface area contributed by atoms with Crippen molar-refractivity contribution in [2.45, 2.75) is 18.6 Å². The maximum atomic E-state index is 13.1. The Morgan fingerprint density at radius 2 is 2.11 bits per heavy atom. The summed E-state index contributed by atoms with van der Waals surface area (Å²) in [5.74, 6) is -3.04. The average molecular weight is 256 g/mol. The van der Waals surface area contributed by atoms with Gasteiger partial charge in [-0.3, -0.25) is 0 Å². The Balaban J connectivity index is 1.87. The van der Waals surface area contributed by atoms with E-state index in [-0.39, 0.29) is 13.2 Å². The number of rotatable bonds is 2. The molecule has 98 valence electrons. The highest BCUT2D eigenvalue weighted by molar-refractivity contribution is 5.68. The van der Waals surface area contributed by atoms with Gasteiger partial charge in [-0.25, -0.2) is 13.6 Å². The number of amides is 1. The summed E-state index contributed by atoms with van der Waals surface area (Å²) in [5.41, 5.74) is 6.06. The highest BCUT2D eigenvalue weighted by atomic mass is 19.3. The van der Waals surface area contributed by atoms with E-state index in [2.05, 4.69) is 0 Å². The Bertz CT molecular complexity index is 425. The molecule has 1 aromatic rings. The molecule has 0 aliphatic carbocycles. The van der Waals surface area contributed by atoms with Crippen LogP contribution in [0.2, 0.25) is 0 Å². The van der Waals surface area contributed by atoms with Crippen LogP contribution in [-0.4, -0.2) is 36.0 Å². The first-order valence-corrected chi connectivity index (χ1v) is 5.58. The van der Waals surface area contributed by atoms with Crippen molar-refractivity contribution in [3.63, 3.8) is 0 Å². The van der Waals surface area contributed by atoms with Crippen LogP contribution >= 0.6 is 0 Å². The van der Waals surface area contributed by atoms with Gasteiger partial charge in [-0.15, -0.1) is 0 Å². The van der Waals surface area contributed by atoms with Crippen molar-refractivity contribution < 1.29 is 18.3 Å². The lowest BCUT2D eigenvalue weighted by Gasteiger charge is -2.15. The minimum absolute atomic E-state index is 0.0665. The number of ether oxygens (including phenoxy) is 1. The lowest BCUT2D eigenvalue weighted by atomic mass is 10.2. The number of nitrogens with two attached hydrogens (primary N) is 1. The molecule has 1 atom stereocenters. The van der Waals surface area contributed by atoms with Crippen molar-refractivity contribution in [1.29, 1.82) is 0 Å². The zero-order valence-electron chi connectivity index (χ0n) is 9.68. The monoisotopic (exact) mass is 256 g/mol. The number of nitrogens with zero attached hydrogens (tertiary/aromatic N) is 1. The van der Waals surface area contributed by atoms with E-state index in [0.29, 0.717) is 0 Å². The third kappa shape index (κ3) is 2.76. The molecule has 1 saturated heterocycles. The van der Waals surface area contributed by atoms with Crippen molar-refractivity contribution in [2.24, 2.45) is 5.73 Å². The Morgan fingerprint density at radius 1 is 1.44 bits per heavy atom. The van der Waals surface area contributed by atoms with Gasteiger partial charge in [0.05, 0.1) is 12.6 Å². The number of carbonyl (C=O) groups excluding carboxylic acids is 1. The Morgan fingerprint density at radius 3 is 2.67 bits per heavy atom. The SMILES string of the molecule is N[C@H]1CN(C(=O)OCc2ccccc2)CC1(F)F. The molecule has 1 aliphatic rings. The third-order valence-electron chi connectivity index (χ3n) is 2.82. The van der Waals surface area contributed by atoms with E-state index in [1.807, 2.05) is 18.2 Å². The van der Waals surface area contributed by atoms with E-state index in [4.69, 9.17) is 10.5 Å². The molecule has 0 aromatic heterocycles. The second kappa shape index (κ2) is 4.89. The molecule has 0 spiro atoms. The van der Waals surface area contributed by atoms with Crippen LogP contribution in [0.3, 0.4) is 0 Å². The van der Waals surface area contributed by atoms with Gasteiger partial charge in [-0.1, -0.05) is 30.3 Å². The first-order chi connectivity index (χ1) is 8.49. The summed E-state index contributed by atoms with van der Waals surface area (Å²) in [5, 5.41) is 0. The lowest BCUT2D eigenvalue weighted by Crippen LogP contribution is -2.38. The zero-order chi connectivity index (χ0) is 13.2. The molecule has 2 rings (SSSR count). The van der Waals surface area contributed by atoms with E-state index in [1.54, 1.807) is 12.1 Å². The number of hydrogen-bond acceptors (Lipinski definition) is 3. The number of alkyl halides is 2. The molecule has 1 fully saturated rings. The van der Waals surface area contributed by atoms with E-state index >= 15 is 0 Å². The maximum absolute atomic E-state index is 13.1. The Labute approximate surface area is 103 Å². The van der Waals surface area contributed by atoms with Crippen molar-refractivity contribution in [1.82, 2.24) is 4.90 Å². The minimum Gasteiger partial charge on any atom is -0.445 e. The summed E-state index contributed by atoms with van der Waals surface area (Å²) in [7, 11) is 0. The van der Waals surface area contributed by atoms with Gasteiger partial charge >= 0.3 is 6.09 Å². The van der Waals surface area contributed by atoms with Gasteiger partial charge in [-0.05, 0) is 5.56 Å². The second-order valence-corrected chi connectivity index (χ2v) is 4.29. The number of hydrogen-bond donors (Lipinski definition) is 1. The van der Waals surface area contributed by atoms with E-state index in [9.17, 15) is 13.6 Å². The van der Waals surface area contributed by atoms with Gasteiger partial charge in [0, 0.05) is 6.54 Å². The summed E-state index contributed by atoms with van der Waals surface area (Å²) in [6.07, 6.45) is -0.758. The molecule has 4 nitrogen and oxygen atoms in total. The average Bonchev–Trinajstić information content (AvgIpc) is 2.62. The molecular formula is C12H14F2N2O2. The van der Waals surface area contributed by atoms with Gasteiger partial charge in [0.25, 0.3) is 5.92 Å². The molecule has 2 N–H and O–H groups in total. The fraction of sp³-hybridized carbons (Fsp3) is 0.417. The van der Waals surface area contributed by atoms with Crippen LogP contribution in [-0.2, 0) is 11.3 Å². The Kier molecular flexibility index (Phi) is 3.47. The van der Waals surface area contributed by atoms with Crippen LogP contribution < -0.4 is 5.73 Å². The standard InChI is InChI=1S/C12H14F2N2O2/c13-12(14)8-16(6-10(12)15)11(17)18-7-9-4-2-1-3-5-9/h1-5,10H,6-8,15H2/t10-/m0/s1. The molecular weight excluding hydrogens is 242 g/mol. The van der Waals surface area contributed by atoms with Gasteiger partial charge in [0.15, 0.2) is 0 Å². The predicted molar refractivity (Wildman–Crippen MR) is 61.1 cm³/mol. The molecule has 1 heterocycles. The fourth-order valence-electron chi connectivity index (χ4n) is 1.76. The molecule has 1 aliphatic heterocycles. The van der Waals surface area contributed by atoms with Gasteiger partial charge < -0.3 is 15.4 Å². The minimum atomic E-state index is -3.04. The van der Waals surface area contributed by atoms with Crippen LogP contribution in [0, 0.1) is 0 Å². The summed E-state index contributed by atoms with van der Waals surface area (Å²) >= 11 is 0. The number of carbonyl (C=O) groups is 1. The Hall–Kier alpha value is -1.69.